The Hall–Kier alpha value is -1.55. The number of aliphatic imine (C=N–C) groups is 1. The van der Waals surface area contributed by atoms with Gasteiger partial charge in [-0.15, -0.1) is 0 Å². The molecule has 0 bridgehead atoms. The summed E-state index contributed by atoms with van der Waals surface area (Å²) in [6, 6.07) is 13.5. The number of hydrogen-bond donors (Lipinski definition) is 2. The molecule has 1 heterocycles. The molecule has 2 aromatic carbocycles. The van der Waals surface area contributed by atoms with Crippen molar-refractivity contribution in [3.63, 3.8) is 0 Å². The molecule has 0 aromatic heterocycles. The van der Waals surface area contributed by atoms with E-state index in [4.69, 9.17) is 28.9 Å². The summed E-state index contributed by atoms with van der Waals surface area (Å²) in [4.78, 5) is 4.47. The van der Waals surface area contributed by atoms with E-state index in [1.165, 1.54) is 11.1 Å². The molecule has 0 spiro atoms. The van der Waals surface area contributed by atoms with Crippen molar-refractivity contribution >= 4 is 34.7 Å². The zero-order valence-electron chi connectivity index (χ0n) is 11.3. The van der Waals surface area contributed by atoms with Crippen LogP contribution >= 0.6 is 23.2 Å². The summed E-state index contributed by atoms with van der Waals surface area (Å²) in [5, 5.41) is 4.39. The van der Waals surface area contributed by atoms with Crippen LogP contribution in [0.25, 0.3) is 0 Å². The van der Waals surface area contributed by atoms with Gasteiger partial charge in [-0.05, 0) is 35.7 Å². The van der Waals surface area contributed by atoms with Gasteiger partial charge in [0, 0.05) is 6.54 Å². The molecule has 0 saturated heterocycles. The Kier molecular flexibility index (Phi) is 4.15. The highest BCUT2D eigenvalue weighted by Crippen LogP contribution is 2.28. The smallest absolute Gasteiger partial charge is 0.121 e. The predicted molar refractivity (Wildman–Crippen MR) is 88.6 cm³/mol. The van der Waals surface area contributed by atoms with Gasteiger partial charge in [-0.1, -0.05) is 47.5 Å². The van der Waals surface area contributed by atoms with E-state index in [0.29, 0.717) is 21.6 Å². The zero-order chi connectivity index (χ0) is 14.8. The molecule has 0 fully saturated rings. The van der Waals surface area contributed by atoms with Crippen molar-refractivity contribution in [2.75, 3.05) is 6.54 Å². The van der Waals surface area contributed by atoms with Crippen LogP contribution in [0.3, 0.4) is 0 Å². The Labute approximate surface area is 133 Å². The summed E-state index contributed by atoms with van der Waals surface area (Å²) in [7, 11) is 0. The van der Waals surface area contributed by atoms with Gasteiger partial charge >= 0.3 is 0 Å². The summed E-state index contributed by atoms with van der Waals surface area (Å²) in [6.07, 6.45) is 1.01. The van der Waals surface area contributed by atoms with Crippen molar-refractivity contribution in [1.82, 2.24) is 5.32 Å². The molecule has 1 aliphatic heterocycles. The van der Waals surface area contributed by atoms with Crippen molar-refractivity contribution in [2.45, 2.75) is 12.5 Å². The number of amidine groups is 1. The second kappa shape index (κ2) is 6.06. The molecule has 5 heteroatoms. The van der Waals surface area contributed by atoms with Crippen molar-refractivity contribution in [3.05, 3.63) is 63.6 Å². The van der Waals surface area contributed by atoms with E-state index in [1.807, 2.05) is 12.1 Å². The normalized spacial score (nSPS) is 18.4. The first-order valence-electron chi connectivity index (χ1n) is 6.75. The third-order valence-electron chi connectivity index (χ3n) is 3.57. The average molecular weight is 320 g/mol. The summed E-state index contributed by atoms with van der Waals surface area (Å²) in [6.45, 7) is 0.888. The van der Waals surface area contributed by atoms with Crippen LogP contribution in [0.2, 0.25) is 10.0 Å². The summed E-state index contributed by atoms with van der Waals surface area (Å²) in [5.41, 5.74) is 9.39. The lowest BCUT2D eigenvalue weighted by molar-refractivity contribution is 0.601. The number of hydrogen-bond acceptors (Lipinski definition) is 2. The SMILES string of the molecule is NC(=Nc1ccc(Cl)c(Cl)c1)C1NCCc2ccccc21. The highest BCUT2D eigenvalue weighted by atomic mass is 35.5. The standard InChI is InChI=1S/C16H15Cl2N3/c17-13-6-5-11(9-14(13)18)21-16(19)15-12-4-2-1-3-10(12)7-8-20-15/h1-6,9,15,20H,7-8H2,(H2,19,21). The van der Waals surface area contributed by atoms with Gasteiger partial charge in [0.1, 0.15) is 5.84 Å². The van der Waals surface area contributed by atoms with E-state index >= 15 is 0 Å². The Bertz CT molecular complexity index is 698. The number of fused-ring (bicyclic) bond motifs is 1. The average Bonchev–Trinajstić information content (AvgIpc) is 2.50. The molecule has 2 aromatic rings. The molecule has 3 rings (SSSR count). The van der Waals surface area contributed by atoms with Gasteiger partial charge < -0.3 is 11.1 Å². The number of nitrogens with one attached hydrogen (secondary N) is 1. The molecule has 0 aliphatic carbocycles. The molecular formula is C16H15Cl2N3. The lowest BCUT2D eigenvalue weighted by Crippen LogP contribution is -2.38. The summed E-state index contributed by atoms with van der Waals surface area (Å²) in [5.74, 6) is 0.528. The van der Waals surface area contributed by atoms with E-state index in [0.717, 1.165) is 13.0 Å². The quantitative estimate of drug-likeness (QED) is 0.652. The number of benzene rings is 2. The largest absolute Gasteiger partial charge is 0.386 e. The summed E-state index contributed by atoms with van der Waals surface area (Å²) >= 11 is 11.9. The maximum Gasteiger partial charge on any atom is 0.121 e. The molecule has 1 unspecified atom stereocenters. The van der Waals surface area contributed by atoms with Crippen molar-refractivity contribution in [2.24, 2.45) is 10.7 Å². The number of halogens is 2. The molecule has 21 heavy (non-hydrogen) atoms. The number of rotatable bonds is 2. The Balaban J connectivity index is 1.93. The van der Waals surface area contributed by atoms with Crippen LogP contribution < -0.4 is 11.1 Å². The molecule has 0 saturated carbocycles. The Morgan fingerprint density at radius 1 is 1.14 bits per heavy atom. The fourth-order valence-corrected chi connectivity index (χ4v) is 2.83. The first-order chi connectivity index (χ1) is 10.1. The topological polar surface area (TPSA) is 50.4 Å². The van der Waals surface area contributed by atoms with E-state index in [2.05, 4.69) is 22.4 Å². The van der Waals surface area contributed by atoms with Crippen LogP contribution in [-0.2, 0) is 6.42 Å². The predicted octanol–water partition coefficient (Wildman–Crippen LogP) is 3.87. The van der Waals surface area contributed by atoms with E-state index in [1.54, 1.807) is 18.2 Å². The first kappa shape index (κ1) is 14.4. The minimum atomic E-state index is -0.0654. The molecule has 1 aliphatic rings. The molecule has 1 atom stereocenters. The van der Waals surface area contributed by atoms with Gasteiger partial charge in [0.25, 0.3) is 0 Å². The third-order valence-corrected chi connectivity index (χ3v) is 4.31. The lowest BCUT2D eigenvalue weighted by atomic mass is 9.94. The Morgan fingerprint density at radius 3 is 2.76 bits per heavy atom. The van der Waals surface area contributed by atoms with Crippen LogP contribution in [0.4, 0.5) is 5.69 Å². The van der Waals surface area contributed by atoms with Crippen LogP contribution in [0.15, 0.2) is 47.5 Å². The molecule has 0 radical (unpaired) electrons. The van der Waals surface area contributed by atoms with Crippen LogP contribution in [0, 0.1) is 0 Å². The second-order valence-electron chi connectivity index (χ2n) is 4.97. The van der Waals surface area contributed by atoms with Gasteiger partial charge in [0.05, 0.1) is 21.8 Å². The van der Waals surface area contributed by atoms with Crippen LogP contribution in [0.1, 0.15) is 17.2 Å². The number of nitrogens with zero attached hydrogens (tertiary/aromatic N) is 1. The van der Waals surface area contributed by atoms with Gasteiger partial charge in [-0.3, -0.25) is 0 Å². The molecular weight excluding hydrogens is 305 g/mol. The van der Waals surface area contributed by atoms with Gasteiger partial charge in [-0.2, -0.15) is 0 Å². The summed E-state index contributed by atoms with van der Waals surface area (Å²) < 4.78 is 0. The molecule has 108 valence electrons. The second-order valence-corrected chi connectivity index (χ2v) is 5.79. The van der Waals surface area contributed by atoms with Crippen LogP contribution in [0.5, 0.6) is 0 Å². The monoisotopic (exact) mass is 319 g/mol. The highest BCUT2D eigenvalue weighted by molar-refractivity contribution is 6.42. The third kappa shape index (κ3) is 3.05. The first-order valence-corrected chi connectivity index (χ1v) is 7.51. The lowest BCUT2D eigenvalue weighted by Gasteiger charge is -2.26. The molecule has 3 nitrogen and oxygen atoms in total. The minimum absolute atomic E-state index is 0.0654. The minimum Gasteiger partial charge on any atom is -0.386 e. The number of nitrogens with two attached hydrogens (primary N) is 1. The van der Waals surface area contributed by atoms with Gasteiger partial charge in [0.2, 0.25) is 0 Å². The molecule has 3 N–H and O–H groups in total. The van der Waals surface area contributed by atoms with Crippen molar-refractivity contribution in [3.8, 4) is 0 Å². The maximum absolute atomic E-state index is 6.19. The fourth-order valence-electron chi connectivity index (χ4n) is 2.54. The van der Waals surface area contributed by atoms with Gasteiger partial charge in [-0.25, -0.2) is 4.99 Å². The fraction of sp³-hybridized carbons (Fsp3) is 0.188. The van der Waals surface area contributed by atoms with E-state index in [9.17, 15) is 0 Å². The Morgan fingerprint density at radius 2 is 1.95 bits per heavy atom. The van der Waals surface area contributed by atoms with E-state index in [-0.39, 0.29) is 6.04 Å². The van der Waals surface area contributed by atoms with Gasteiger partial charge in [0.15, 0.2) is 0 Å². The van der Waals surface area contributed by atoms with Crippen molar-refractivity contribution in [1.29, 1.82) is 0 Å². The highest BCUT2D eigenvalue weighted by Gasteiger charge is 2.22. The molecule has 0 amide bonds. The van der Waals surface area contributed by atoms with E-state index < -0.39 is 0 Å². The van der Waals surface area contributed by atoms with Crippen LogP contribution in [-0.4, -0.2) is 12.4 Å². The van der Waals surface area contributed by atoms with Crippen molar-refractivity contribution < 1.29 is 0 Å². The maximum atomic E-state index is 6.19. The zero-order valence-corrected chi connectivity index (χ0v) is 12.8.